The van der Waals surface area contributed by atoms with Crippen LogP contribution in [0.15, 0.2) is 45.9 Å². The van der Waals surface area contributed by atoms with Crippen LogP contribution in [0.4, 0.5) is 11.5 Å². The largest absolute Gasteiger partial charge is 0.370 e. The first kappa shape index (κ1) is 15.8. The summed E-state index contributed by atoms with van der Waals surface area (Å²) in [6.07, 6.45) is 1.34. The lowest BCUT2D eigenvalue weighted by molar-refractivity contribution is 0.601. The van der Waals surface area contributed by atoms with E-state index in [9.17, 15) is 8.42 Å². The molecule has 0 unspecified atom stereocenters. The van der Waals surface area contributed by atoms with E-state index in [1.165, 1.54) is 12.3 Å². The van der Waals surface area contributed by atoms with Crippen molar-refractivity contribution in [3.05, 3.63) is 46.6 Å². The van der Waals surface area contributed by atoms with Crippen LogP contribution in [0, 0.1) is 6.92 Å². The lowest BCUT2D eigenvalue weighted by Gasteiger charge is -2.11. The number of benzene rings is 1. The highest BCUT2D eigenvalue weighted by molar-refractivity contribution is 9.10. The summed E-state index contributed by atoms with van der Waals surface area (Å²) in [7, 11) is -3.65. The molecule has 0 radical (unpaired) electrons. The standard InChI is InChI=1S/C14H16BrN3O2S/c1-3-16-13-8-7-11(9-17-13)21(19,20)18-12-6-4-5-10(2)14(12)15/h4-9,18H,3H2,1-2H3,(H,16,17). The van der Waals surface area contributed by atoms with Gasteiger partial charge in [0.2, 0.25) is 0 Å². The quantitative estimate of drug-likeness (QED) is 0.847. The molecule has 0 saturated carbocycles. The first-order valence-electron chi connectivity index (χ1n) is 6.42. The first-order valence-corrected chi connectivity index (χ1v) is 8.69. The van der Waals surface area contributed by atoms with Crippen LogP contribution in [0.3, 0.4) is 0 Å². The van der Waals surface area contributed by atoms with Gasteiger partial charge in [0, 0.05) is 17.2 Å². The fourth-order valence-electron chi connectivity index (χ4n) is 1.75. The van der Waals surface area contributed by atoms with Gasteiger partial charge in [-0.05, 0) is 53.5 Å². The molecule has 2 aromatic rings. The maximum atomic E-state index is 12.3. The number of halogens is 1. The summed E-state index contributed by atoms with van der Waals surface area (Å²) in [4.78, 5) is 4.20. The van der Waals surface area contributed by atoms with Crippen LogP contribution in [-0.4, -0.2) is 19.9 Å². The number of aryl methyl sites for hydroxylation is 1. The van der Waals surface area contributed by atoms with E-state index in [0.29, 0.717) is 11.5 Å². The number of nitrogens with zero attached hydrogens (tertiary/aromatic N) is 1. The van der Waals surface area contributed by atoms with Gasteiger partial charge >= 0.3 is 0 Å². The fourth-order valence-corrected chi connectivity index (χ4v) is 3.27. The first-order chi connectivity index (χ1) is 9.94. The Bertz CT molecular complexity index is 730. The molecule has 1 heterocycles. The van der Waals surface area contributed by atoms with Crippen LogP contribution in [0.25, 0.3) is 0 Å². The van der Waals surface area contributed by atoms with Crippen molar-refractivity contribution in [2.75, 3.05) is 16.6 Å². The number of pyridine rings is 1. The fraction of sp³-hybridized carbons (Fsp3) is 0.214. The average molecular weight is 370 g/mol. The minimum Gasteiger partial charge on any atom is -0.370 e. The Hall–Kier alpha value is -1.60. The summed E-state index contributed by atoms with van der Waals surface area (Å²) in [5.74, 6) is 0.646. The predicted octanol–water partition coefficient (Wildman–Crippen LogP) is 3.39. The molecular formula is C14H16BrN3O2S. The number of rotatable bonds is 5. The molecule has 0 saturated heterocycles. The SMILES string of the molecule is CCNc1ccc(S(=O)(=O)Nc2cccc(C)c2Br)cn1. The maximum absolute atomic E-state index is 12.3. The number of sulfonamides is 1. The van der Waals surface area contributed by atoms with Crippen molar-refractivity contribution < 1.29 is 8.42 Å². The van der Waals surface area contributed by atoms with Crippen molar-refractivity contribution >= 4 is 37.5 Å². The van der Waals surface area contributed by atoms with E-state index in [-0.39, 0.29) is 4.90 Å². The van der Waals surface area contributed by atoms with Gasteiger partial charge in [-0.25, -0.2) is 13.4 Å². The Balaban J connectivity index is 2.27. The van der Waals surface area contributed by atoms with Crippen molar-refractivity contribution in [3.63, 3.8) is 0 Å². The molecule has 0 aliphatic carbocycles. The van der Waals surface area contributed by atoms with Gasteiger partial charge in [0.05, 0.1) is 5.69 Å². The van der Waals surface area contributed by atoms with E-state index in [0.717, 1.165) is 16.6 Å². The predicted molar refractivity (Wildman–Crippen MR) is 88.1 cm³/mol. The summed E-state index contributed by atoms with van der Waals surface area (Å²) >= 11 is 3.38. The Morgan fingerprint density at radius 3 is 2.62 bits per heavy atom. The summed E-state index contributed by atoms with van der Waals surface area (Å²) in [6, 6.07) is 8.56. The Kier molecular flexibility index (Phi) is 4.84. The van der Waals surface area contributed by atoms with Gasteiger partial charge in [-0.3, -0.25) is 4.72 Å². The summed E-state index contributed by atoms with van der Waals surface area (Å²) < 4.78 is 28.0. The molecule has 0 atom stereocenters. The van der Waals surface area contributed by atoms with Gasteiger partial charge in [-0.2, -0.15) is 0 Å². The van der Waals surface area contributed by atoms with Gasteiger partial charge in [0.15, 0.2) is 0 Å². The second-order valence-corrected chi connectivity index (χ2v) is 6.93. The van der Waals surface area contributed by atoms with Gasteiger partial charge in [0.25, 0.3) is 10.0 Å². The van der Waals surface area contributed by atoms with Gasteiger partial charge in [-0.15, -0.1) is 0 Å². The van der Waals surface area contributed by atoms with E-state index in [2.05, 4.69) is 31.0 Å². The van der Waals surface area contributed by atoms with E-state index < -0.39 is 10.0 Å². The Morgan fingerprint density at radius 2 is 2.00 bits per heavy atom. The number of anilines is 2. The second kappa shape index (κ2) is 6.44. The number of nitrogens with one attached hydrogen (secondary N) is 2. The number of hydrogen-bond acceptors (Lipinski definition) is 4. The third-order valence-electron chi connectivity index (χ3n) is 2.84. The van der Waals surface area contributed by atoms with Crippen molar-refractivity contribution in [3.8, 4) is 0 Å². The number of aromatic nitrogens is 1. The minimum absolute atomic E-state index is 0.123. The molecule has 7 heteroatoms. The molecular weight excluding hydrogens is 354 g/mol. The van der Waals surface area contributed by atoms with Crippen LogP contribution in [0.2, 0.25) is 0 Å². The third-order valence-corrected chi connectivity index (χ3v) is 5.24. The van der Waals surface area contributed by atoms with Crippen LogP contribution in [-0.2, 0) is 10.0 Å². The third kappa shape index (κ3) is 3.74. The lowest BCUT2D eigenvalue weighted by atomic mass is 10.2. The van der Waals surface area contributed by atoms with Gasteiger partial charge in [-0.1, -0.05) is 12.1 Å². The maximum Gasteiger partial charge on any atom is 0.263 e. The monoisotopic (exact) mass is 369 g/mol. The van der Waals surface area contributed by atoms with E-state index >= 15 is 0 Å². The average Bonchev–Trinajstić information content (AvgIpc) is 2.45. The zero-order chi connectivity index (χ0) is 15.5. The molecule has 2 rings (SSSR count). The summed E-state index contributed by atoms with van der Waals surface area (Å²) in [5.41, 5.74) is 1.46. The zero-order valence-corrected chi connectivity index (χ0v) is 14.1. The topological polar surface area (TPSA) is 71.1 Å². The smallest absolute Gasteiger partial charge is 0.263 e. The molecule has 112 valence electrons. The van der Waals surface area contributed by atoms with Gasteiger partial charge in [0.1, 0.15) is 10.7 Å². The zero-order valence-electron chi connectivity index (χ0n) is 11.7. The summed E-state index contributed by atoms with van der Waals surface area (Å²) in [6.45, 7) is 4.57. The minimum atomic E-state index is -3.65. The van der Waals surface area contributed by atoms with Crippen LogP contribution >= 0.6 is 15.9 Å². The molecule has 5 nitrogen and oxygen atoms in total. The van der Waals surface area contributed by atoms with Crippen molar-refractivity contribution in [1.29, 1.82) is 0 Å². The molecule has 0 fully saturated rings. The molecule has 2 N–H and O–H groups in total. The highest BCUT2D eigenvalue weighted by Crippen LogP contribution is 2.27. The molecule has 1 aromatic heterocycles. The Morgan fingerprint density at radius 1 is 1.24 bits per heavy atom. The molecule has 0 spiro atoms. The normalized spacial score (nSPS) is 11.2. The molecule has 0 aliphatic heterocycles. The second-order valence-electron chi connectivity index (χ2n) is 4.45. The van der Waals surface area contributed by atoms with Crippen molar-refractivity contribution in [2.45, 2.75) is 18.7 Å². The lowest BCUT2D eigenvalue weighted by Crippen LogP contribution is -2.14. The highest BCUT2D eigenvalue weighted by Gasteiger charge is 2.16. The molecule has 0 aliphatic rings. The van der Waals surface area contributed by atoms with Crippen molar-refractivity contribution in [1.82, 2.24) is 4.98 Å². The highest BCUT2D eigenvalue weighted by atomic mass is 79.9. The van der Waals surface area contributed by atoms with Crippen LogP contribution in [0.5, 0.6) is 0 Å². The molecule has 0 bridgehead atoms. The van der Waals surface area contributed by atoms with Crippen molar-refractivity contribution in [2.24, 2.45) is 0 Å². The van der Waals surface area contributed by atoms with E-state index in [4.69, 9.17) is 0 Å². The van der Waals surface area contributed by atoms with Crippen LogP contribution in [0.1, 0.15) is 12.5 Å². The molecule has 0 amide bonds. The molecule has 1 aromatic carbocycles. The summed E-state index contributed by atoms with van der Waals surface area (Å²) in [5, 5.41) is 3.02. The van der Waals surface area contributed by atoms with Crippen LogP contribution < -0.4 is 10.0 Å². The van der Waals surface area contributed by atoms with E-state index in [1.54, 1.807) is 18.2 Å². The number of hydrogen-bond donors (Lipinski definition) is 2. The Labute approximate surface area is 133 Å². The van der Waals surface area contributed by atoms with Gasteiger partial charge < -0.3 is 5.32 Å². The van der Waals surface area contributed by atoms with E-state index in [1.807, 2.05) is 19.9 Å². The molecule has 21 heavy (non-hydrogen) atoms.